The van der Waals surface area contributed by atoms with E-state index < -0.39 is 5.60 Å². The molecular weight excluding hydrogens is 380 g/mol. The molecule has 0 atom stereocenters. The highest BCUT2D eigenvalue weighted by molar-refractivity contribution is 5.78. The van der Waals surface area contributed by atoms with Crippen LogP contribution in [-0.4, -0.2) is 60.2 Å². The van der Waals surface area contributed by atoms with E-state index in [4.69, 9.17) is 9.47 Å². The number of nitrogens with zero attached hydrogens (tertiary/aromatic N) is 2. The first-order chi connectivity index (χ1) is 14.3. The highest BCUT2D eigenvalue weighted by Crippen LogP contribution is 2.22. The van der Waals surface area contributed by atoms with Gasteiger partial charge in [-0.3, -0.25) is 4.79 Å². The molecule has 0 saturated carbocycles. The van der Waals surface area contributed by atoms with E-state index in [1.165, 1.54) is 0 Å². The van der Waals surface area contributed by atoms with Gasteiger partial charge in [0.2, 0.25) is 0 Å². The van der Waals surface area contributed by atoms with Crippen LogP contribution in [0.3, 0.4) is 0 Å². The number of hydrogen-bond donors (Lipinski definition) is 0. The van der Waals surface area contributed by atoms with Crippen molar-refractivity contribution in [3.8, 4) is 16.9 Å². The maximum absolute atomic E-state index is 12.6. The van der Waals surface area contributed by atoms with Crippen LogP contribution in [-0.2, 0) is 9.53 Å². The van der Waals surface area contributed by atoms with E-state index in [1.807, 2.05) is 63.2 Å². The lowest BCUT2D eigenvalue weighted by Gasteiger charge is -2.26. The second kappa shape index (κ2) is 9.65. The van der Waals surface area contributed by atoms with Crippen molar-refractivity contribution in [1.82, 2.24) is 9.80 Å². The Labute approximate surface area is 178 Å². The smallest absolute Gasteiger partial charge is 0.410 e. The van der Waals surface area contributed by atoms with Crippen LogP contribution in [0.5, 0.6) is 5.75 Å². The van der Waals surface area contributed by atoms with Gasteiger partial charge in [-0.25, -0.2) is 4.79 Å². The summed E-state index contributed by atoms with van der Waals surface area (Å²) in [5.74, 6) is 0.585. The molecule has 0 unspecified atom stereocenters. The summed E-state index contributed by atoms with van der Waals surface area (Å²) >= 11 is 0. The van der Waals surface area contributed by atoms with Crippen LogP contribution in [0.25, 0.3) is 11.1 Å². The van der Waals surface area contributed by atoms with E-state index in [9.17, 15) is 9.59 Å². The largest absolute Gasteiger partial charge is 0.484 e. The number of rotatable bonds is 4. The number of carbonyl (C=O) groups excluding carboxylic acids is 2. The summed E-state index contributed by atoms with van der Waals surface area (Å²) in [4.78, 5) is 28.3. The number of ether oxygens (including phenoxy) is 2. The van der Waals surface area contributed by atoms with Crippen molar-refractivity contribution in [3.63, 3.8) is 0 Å². The van der Waals surface area contributed by atoms with E-state index in [1.54, 1.807) is 9.80 Å². The van der Waals surface area contributed by atoms with Crippen LogP contribution in [0, 0.1) is 0 Å². The van der Waals surface area contributed by atoms with Gasteiger partial charge in [0.15, 0.2) is 6.61 Å². The Morgan fingerprint density at radius 3 is 2.10 bits per heavy atom. The zero-order valence-electron chi connectivity index (χ0n) is 18.0. The average molecular weight is 411 g/mol. The molecule has 0 radical (unpaired) electrons. The van der Waals surface area contributed by atoms with Crippen LogP contribution in [0.15, 0.2) is 54.6 Å². The van der Waals surface area contributed by atoms with E-state index in [0.29, 0.717) is 31.9 Å². The second-order valence-corrected chi connectivity index (χ2v) is 8.38. The Hall–Kier alpha value is -3.02. The molecule has 3 rings (SSSR count). The molecule has 0 bridgehead atoms. The molecule has 1 aliphatic heterocycles. The van der Waals surface area contributed by atoms with E-state index in [0.717, 1.165) is 17.5 Å². The molecule has 0 aliphatic carbocycles. The first-order valence-electron chi connectivity index (χ1n) is 10.4. The summed E-state index contributed by atoms with van der Waals surface area (Å²) in [5, 5.41) is 0. The highest BCUT2D eigenvalue weighted by Gasteiger charge is 2.26. The van der Waals surface area contributed by atoms with Crippen molar-refractivity contribution < 1.29 is 19.1 Å². The number of hydrogen-bond acceptors (Lipinski definition) is 4. The van der Waals surface area contributed by atoms with Crippen LogP contribution >= 0.6 is 0 Å². The van der Waals surface area contributed by atoms with Gasteiger partial charge in [0, 0.05) is 26.2 Å². The monoisotopic (exact) mass is 410 g/mol. The van der Waals surface area contributed by atoms with Crippen molar-refractivity contribution in [1.29, 1.82) is 0 Å². The highest BCUT2D eigenvalue weighted by atomic mass is 16.6. The number of benzene rings is 2. The molecule has 6 heteroatoms. The van der Waals surface area contributed by atoms with Crippen molar-refractivity contribution in [2.45, 2.75) is 32.8 Å². The summed E-state index contributed by atoms with van der Waals surface area (Å²) in [6.07, 6.45) is 0.392. The molecule has 6 nitrogen and oxygen atoms in total. The normalized spacial score (nSPS) is 14.8. The topological polar surface area (TPSA) is 59.1 Å². The van der Waals surface area contributed by atoms with Gasteiger partial charge in [-0.1, -0.05) is 42.5 Å². The lowest BCUT2D eigenvalue weighted by molar-refractivity contribution is -0.133. The minimum atomic E-state index is -0.525. The Bertz CT molecular complexity index is 844. The van der Waals surface area contributed by atoms with Gasteiger partial charge in [0.25, 0.3) is 5.91 Å². The standard InChI is InChI=1S/C24H30N2O4/c1-24(2,3)30-23(28)26-15-7-14-25(16-17-26)22(27)18-29-21-12-10-20(11-13-21)19-8-5-4-6-9-19/h4-6,8-13H,7,14-18H2,1-3H3. The molecule has 2 aromatic rings. The fourth-order valence-electron chi connectivity index (χ4n) is 3.29. The average Bonchev–Trinajstić information content (AvgIpc) is 2.98. The van der Waals surface area contributed by atoms with Gasteiger partial charge in [-0.2, -0.15) is 0 Å². The maximum atomic E-state index is 12.6. The molecule has 2 aromatic carbocycles. The van der Waals surface area contributed by atoms with Crippen LogP contribution in [0.4, 0.5) is 4.79 Å². The van der Waals surface area contributed by atoms with E-state index in [-0.39, 0.29) is 18.6 Å². The SMILES string of the molecule is CC(C)(C)OC(=O)N1CCCN(C(=O)COc2ccc(-c3ccccc3)cc2)CC1. The summed E-state index contributed by atoms with van der Waals surface area (Å²) in [6.45, 7) is 7.67. The summed E-state index contributed by atoms with van der Waals surface area (Å²) in [7, 11) is 0. The molecule has 1 saturated heterocycles. The fourth-order valence-corrected chi connectivity index (χ4v) is 3.29. The molecule has 0 spiro atoms. The van der Waals surface area contributed by atoms with Gasteiger partial charge in [0.1, 0.15) is 11.4 Å². The Morgan fingerprint density at radius 1 is 0.833 bits per heavy atom. The molecule has 1 fully saturated rings. The van der Waals surface area contributed by atoms with Crippen molar-refractivity contribution in [2.24, 2.45) is 0 Å². The fraction of sp³-hybridized carbons (Fsp3) is 0.417. The zero-order chi connectivity index (χ0) is 21.6. The molecule has 0 N–H and O–H groups in total. The van der Waals surface area contributed by atoms with Crippen LogP contribution in [0.1, 0.15) is 27.2 Å². The van der Waals surface area contributed by atoms with Gasteiger partial charge in [-0.15, -0.1) is 0 Å². The predicted molar refractivity (Wildman–Crippen MR) is 116 cm³/mol. The lowest BCUT2D eigenvalue weighted by Crippen LogP contribution is -2.41. The minimum Gasteiger partial charge on any atom is -0.484 e. The van der Waals surface area contributed by atoms with Crippen LogP contribution in [0.2, 0.25) is 0 Å². The van der Waals surface area contributed by atoms with Gasteiger partial charge in [0.05, 0.1) is 0 Å². The molecule has 1 heterocycles. The van der Waals surface area contributed by atoms with Crippen LogP contribution < -0.4 is 4.74 Å². The van der Waals surface area contributed by atoms with Gasteiger partial charge >= 0.3 is 6.09 Å². The molecule has 0 aromatic heterocycles. The minimum absolute atomic E-state index is 0.0167. The number of carbonyl (C=O) groups is 2. The molecule has 2 amide bonds. The Balaban J connectivity index is 1.48. The van der Waals surface area contributed by atoms with Gasteiger partial charge in [-0.05, 0) is 50.5 Å². The third kappa shape index (κ3) is 6.24. The molecule has 160 valence electrons. The Kier molecular flexibility index (Phi) is 6.98. The first kappa shape index (κ1) is 21.7. The Morgan fingerprint density at radius 2 is 1.43 bits per heavy atom. The molecular formula is C24H30N2O4. The zero-order valence-corrected chi connectivity index (χ0v) is 18.0. The third-order valence-electron chi connectivity index (χ3n) is 4.82. The van der Waals surface area contributed by atoms with Crippen molar-refractivity contribution in [3.05, 3.63) is 54.6 Å². The van der Waals surface area contributed by atoms with E-state index in [2.05, 4.69) is 12.1 Å². The lowest BCUT2D eigenvalue weighted by atomic mass is 10.1. The predicted octanol–water partition coefficient (Wildman–Crippen LogP) is 4.20. The number of amides is 2. The van der Waals surface area contributed by atoms with Crippen molar-refractivity contribution in [2.75, 3.05) is 32.8 Å². The molecule has 1 aliphatic rings. The summed E-state index contributed by atoms with van der Waals surface area (Å²) < 4.78 is 11.1. The quantitative estimate of drug-likeness (QED) is 0.758. The third-order valence-corrected chi connectivity index (χ3v) is 4.82. The first-order valence-corrected chi connectivity index (χ1v) is 10.4. The maximum Gasteiger partial charge on any atom is 0.410 e. The second-order valence-electron chi connectivity index (χ2n) is 8.38. The van der Waals surface area contributed by atoms with Gasteiger partial charge < -0.3 is 19.3 Å². The summed E-state index contributed by atoms with van der Waals surface area (Å²) in [5.41, 5.74) is 1.71. The summed E-state index contributed by atoms with van der Waals surface area (Å²) in [6, 6.07) is 17.8. The van der Waals surface area contributed by atoms with E-state index >= 15 is 0 Å². The van der Waals surface area contributed by atoms with Crippen molar-refractivity contribution >= 4 is 12.0 Å². The molecule has 30 heavy (non-hydrogen) atoms.